The van der Waals surface area contributed by atoms with Gasteiger partial charge in [0.05, 0.1) is 49.2 Å². The van der Waals surface area contributed by atoms with Crippen LogP contribution in [0.5, 0.6) is 5.75 Å². The molecule has 0 bridgehead atoms. The van der Waals surface area contributed by atoms with Gasteiger partial charge in [-0.15, -0.1) is 0 Å². The second kappa shape index (κ2) is 14.5. The standard InChI is InChI=1S/C30H36F6N4O6/c1-7-46-28(43)40-17(2)10-23(21-15-25(44-5)22(14-24(21)40)26(41)37-8-9-38(3)4)39(27(42)45-6)16-18-11-19(29(31,32)33)13-20(12-18)30(34,35)36/h11-15,17,23H,7-10,16H2,1-6H3,(H,37,41)/t17-,23+/m0/s1. The van der Waals surface area contributed by atoms with Gasteiger partial charge in [-0.1, -0.05) is 0 Å². The lowest BCUT2D eigenvalue weighted by molar-refractivity contribution is -0.143. The van der Waals surface area contributed by atoms with E-state index in [0.29, 0.717) is 18.7 Å². The van der Waals surface area contributed by atoms with Crippen LogP contribution in [0.15, 0.2) is 30.3 Å². The summed E-state index contributed by atoms with van der Waals surface area (Å²) in [5.41, 5.74) is -3.15. The molecule has 2 aromatic carbocycles. The van der Waals surface area contributed by atoms with E-state index in [0.717, 1.165) is 12.0 Å². The number of ether oxygens (including phenoxy) is 3. The van der Waals surface area contributed by atoms with E-state index < -0.39 is 65.8 Å². The molecule has 254 valence electrons. The maximum Gasteiger partial charge on any atom is 0.416 e. The Bertz CT molecular complexity index is 1400. The summed E-state index contributed by atoms with van der Waals surface area (Å²) in [5, 5.41) is 2.76. The van der Waals surface area contributed by atoms with Crippen LogP contribution in [0.1, 0.15) is 58.9 Å². The third kappa shape index (κ3) is 8.33. The summed E-state index contributed by atoms with van der Waals surface area (Å²) in [6.07, 6.45) is -12.0. The summed E-state index contributed by atoms with van der Waals surface area (Å²) < 4.78 is 97.3. The number of hydrogen-bond donors (Lipinski definition) is 1. The van der Waals surface area contributed by atoms with Gasteiger partial charge in [0.15, 0.2) is 0 Å². The molecule has 46 heavy (non-hydrogen) atoms. The molecule has 1 heterocycles. The van der Waals surface area contributed by atoms with E-state index in [2.05, 4.69) is 5.32 Å². The molecule has 0 radical (unpaired) electrons. The van der Waals surface area contributed by atoms with Crippen molar-refractivity contribution >= 4 is 23.8 Å². The number of nitrogens with one attached hydrogen (secondary N) is 1. The van der Waals surface area contributed by atoms with Crippen molar-refractivity contribution in [1.29, 1.82) is 0 Å². The molecule has 0 spiro atoms. The fourth-order valence-corrected chi connectivity index (χ4v) is 5.18. The van der Waals surface area contributed by atoms with Gasteiger partial charge >= 0.3 is 24.5 Å². The van der Waals surface area contributed by atoms with Crippen LogP contribution in [0, 0.1) is 0 Å². The van der Waals surface area contributed by atoms with E-state index >= 15 is 0 Å². The van der Waals surface area contributed by atoms with Crippen molar-refractivity contribution in [3.8, 4) is 5.75 Å². The maximum atomic E-state index is 13.6. The number of fused-ring (bicyclic) bond motifs is 1. The van der Waals surface area contributed by atoms with Crippen molar-refractivity contribution < 1.29 is 54.9 Å². The molecule has 0 fully saturated rings. The summed E-state index contributed by atoms with van der Waals surface area (Å²) in [7, 11) is 5.95. The minimum absolute atomic E-state index is 0.00281. The van der Waals surface area contributed by atoms with Gasteiger partial charge in [0, 0.05) is 31.2 Å². The van der Waals surface area contributed by atoms with E-state index in [1.165, 1.54) is 24.1 Å². The number of carbonyl (C=O) groups excluding carboxylic acids is 3. The fraction of sp³-hybridized carbons (Fsp3) is 0.500. The molecule has 0 unspecified atom stereocenters. The molecule has 1 aliphatic rings. The van der Waals surface area contributed by atoms with Gasteiger partial charge < -0.3 is 24.4 Å². The van der Waals surface area contributed by atoms with E-state index in [1.54, 1.807) is 13.8 Å². The van der Waals surface area contributed by atoms with Crippen LogP contribution >= 0.6 is 0 Å². The summed E-state index contributed by atoms with van der Waals surface area (Å²) >= 11 is 0. The van der Waals surface area contributed by atoms with E-state index in [1.807, 2.05) is 19.0 Å². The molecule has 0 aromatic heterocycles. The molecular formula is C30H36F6N4O6. The first-order valence-corrected chi connectivity index (χ1v) is 14.2. The van der Waals surface area contributed by atoms with Gasteiger partial charge in [0.25, 0.3) is 5.91 Å². The first-order chi connectivity index (χ1) is 21.4. The first kappa shape index (κ1) is 36.3. The molecule has 0 saturated heterocycles. The Balaban J connectivity index is 2.21. The topological polar surface area (TPSA) is 101 Å². The van der Waals surface area contributed by atoms with Crippen molar-refractivity contribution in [3.63, 3.8) is 0 Å². The lowest BCUT2D eigenvalue weighted by atomic mass is 9.89. The van der Waals surface area contributed by atoms with Crippen LogP contribution in [-0.4, -0.2) is 81.9 Å². The molecule has 10 nitrogen and oxygen atoms in total. The van der Waals surface area contributed by atoms with Crippen LogP contribution in [0.4, 0.5) is 41.6 Å². The van der Waals surface area contributed by atoms with Gasteiger partial charge in [-0.2, -0.15) is 26.3 Å². The molecule has 1 aliphatic heterocycles. The number of benzene rings is 2. The van der Waals surface area contributed by atoms with Crippen molar-refractivity contribution in [3.05, 3.63) is 58.1 Å². The Morgan fingerprint density at radius 2 is 1.59 bits per heavy atom. The third-order valence-electron chi connectivity index (χ3n) is 7.31. The minimum atomic E-state index is -5.10. The van der Waals surface area contributed by atoms with Crippen LogP contribution < -0.4 is 15.0 Å². The molecule has 16 heteroatoms. The number of anilines is 1. The normalized spacial score (nSPS) is 16.5. The highest BCUT2D eigenvalue weighted by Gasteiger charge is 2.42. The zero-order chi connectivity index (χ0) is 34.6. The van der Waals surface area contributed by atoms with Crippen molar-refractivity contribution in [1.82, 2.24) is 15.1 Å². The van der Waals surface area contributed by atoms with Gasteiger partial charge in [0.2, 0.25) is 0 Å². The number of nitrogens with zero attached hydrogens (tertiary/aromatic N) is 3. The Morgan fingerprint density at radius 1 is 0.978 bits per heavy atom. The Morgan fingerprint density at radius 3 is 2.09 bits per heavy atom. The zero-order valence-electron chi connectivity index (χ0n) is 26.1. The number of likely N-dealkylation sites (N-methyl/N-ethyl adjacent to an activating group) is 1. The van der Waals surface area contributed by atoms with Gasteiger partial charge in [-0.3, -0.25) is 14.6 Å². The Kier molecular flexibility index (Phi) is 11.4. The van der Waals surface area contributed by atoms with Crippen LogP contribution in [0.3, 0.4) is 0 Å². The number of rotatable bonds is 9. The molecule has 3 amide bonds. The quantitative estimate of drug-likeness (QED) is 0.325. The largest absolute Gasteiger partial charge is 0.496 e. The highest BCUT2D eigenvalue weighted by Crippen LogP contribution is 2.45. The number of hydrogen-bond acceptors (Lipinski definition) is 7. The lowest BCUT2D eigenvalue weighted by Gasteiger charge is -2.42. The molecule has 2 atom stereocenters. The predicted octanol–water partition coefficient (Wildman–Crippen LogP) is 6.09. The molecule has 2 aromatic rings. The van der Waals surface area contributed by atoms with Crippen LogP contribution in [0.25, 0.3) is 0 Å². The third-order valence-corrected chi connectivity index (χ3v) is 7.31. The molecule has 0 aliphatic carbocycles. The summed E-state index contributed by atoms with van der Waals surface area (Å²) in [4.78, 5) is 43.6. The average Bonchev–Trinajstić information content (AvgIpc) is 2.97. The van der Waals surface area contributed by atoms with Crippen LogP contribution in [-0.2, 0) is 28.4 Å². The maximum absolute atomic E-state index is 13.6. The Hall–Kier alpha value is -4.21. The zero-order valence-corrected chi connectivity index (χ0v) is 26.1. The smallest absolute Gasteiger partial charge is 0.416 e. The molecule has 0 saturated carbocycles. The SMILES string of the molecule is CCOC(=O)N1c2cc(C(=O)NCCN(C)C)c(OC)cc2[C@H](N(Cc2cc(C(F)(F)F)cc(C(F)(F)F)c2)C(=O)OC)C[C@@H]1C. The molecule has 1 N–H and O–H groups in total. The molecular weight excluding hydrogens is 626 g/mol. The minimum Gasteiger partial charge on any atom is -0.496 e. The second-order valence-electron chi connectivity index (χ2n) is 10.9. The fourth-order valence-electron chi connectivity index (χ4n) is 5.18. The summed E-state index contributed by atoms with van der Waals surface area (Å²) in [6, 6.07) is 2.08. The monoisotopic (exact) mass is 662 g/mol. The predicted molar refractivity (Wildman–Crippen MR) is 155 cm³/mol. The van der Waals surface area contributed by atoms with Gasteiger partial charge in [-0.25, -0.2) is 9.59 Å². The van der Waals surface area contributed by atoms with E-state index in [9.17, 15) is 40.7 Å². The average molecular weight is 663 g/mol. The highest BCUT2D eigenvalue weighted by molar-refractivity contribution is 6.00. The number of alkyl halides is 6. The van der Waals surface area contributed by atoms with E-state index in [4.69, 9.17) is 14.2 Å². The van der Waals surface area contributed by atoms with E-state index in [-0.39, 0.29) is 48.2 Å². The number of carbonyl (C=O) groups is 3. The van der Waals surface area contributed by atoms with Crippen molar-refractivity contribution in [2.45, 2.75) is 51.2 Å². The van der Waals surface area contributed by atoms with Crippen molar-refractivity contribution in [2.75, 3.05) is 52.9 Å². The first-order valence-electron chi connectivity index (χ1n) is 14.2. The van der Waals surface area contributed by atoms with Crippen LogP contribution in [0.2, 0.25) is 0 Å². The van der Waals surface area contributed by atoms with Gasteiger partial charge in [0.1, 0.15) is 5.75 Å². The Labute approximate surface area is 262 Å². The summed E-state index contributed by atoms with van der Waals surface area (Å²) in [5.74, 6) is -0.485. The number of halogens is 6. The molecule has 3 rings (SSSR count). The highest BCUT2D eigenvalue weighted by atomic mass is 19.4. The second-order valence-corrected chi connectivity index (χ2v) is 10.9. The number of amides is 3. The summed E-state index contributed by atoms with van der Waals surface area (Å²) in [6.45, 7) is 3.31. The van der Waals surface area contributed by atoms with Crippen molar-refractivity contribution in [2.24, 2.45) is 0 Å². The number of methoxy groups -OCH3 is 2. The van der Waals surface area contributed by atoms with Gasteiger partial charge in [-0.05, 0) is 70.3 Å². The lowest BCUT2D eigenvalue weighted by Crippen LogP contribution is -2.48.